The minimum absolute atomic E-state index is 0.127. The van der Waals surface area contributed by atoms with Crippen LogP contribution in [0.2, 0.25) is 5.02 Å². The molecule has 3 nitrogen and oxygen atoms in total. The topological polar surface area (TPSA) is 38.3 Å². The third-order valence-electron chi connectivity index (χ3n) is 2.52. The monoisotopic (exact) mass is 359 g/mol. The number of carbonyl (C=O) groups is 1. The van der Waals surface area contributed by atoms with Gasteiger partial charge in [-0.15, -0.1) is 11.3 Å². The molecule has 0 unspecified atom stereocenters. The Kier molecular flexibility index (Phi) is 4.85. The molecular formula is C13H11BrClNO2S. The summed E-state index contributed by atoms with van der Waals surface area (Å²) in [6.45, 7) is 0.331. The Bertz CT molecular complexity index is 600. The van der Waals surface area contributed by atoms with Gasteiger partial charge in [0.1, 0.15) is 5.75 Å². The summed E-state index contributed by atoms with van der Waals surface area (Å²) in [5, 5.41) is 3.41. The Labute approximate surface area is 128 Å². The summed E-state index contributed by atoms with van der Waals surface area (Å²) in [5.41, 5.74) is 0.774. The van der Waals surface area contributed by atoms with E-state index in [1.807, 2.05) is 18.2 Å². The van der Waals surface area contributed by atoms with E-state index in [2.05, 4.69) is 21.2 Å². The standard InChI is InChI=1S/C13H11BrClNO2S/c1-18-10-4-2-3-9(15)8(10)7-16-13(17)11-5-6-12(14)19-11/h2-6H,7H2,1H3,(H,16,17). The second kappa shape index (κ2) is 6.41. The summed E-state index contributed by atoms with van der Waals surface area (Å²) in [4.78, 5) is 12.6. The van der Waals surface area contributed by atoms with Crippen LogP contribution in [0, 0.1) is 0 Å². The summed E-state index contributed by atoms with van der Waals surface area (Å²) >= 11 is 10.8. The lowest BCUT2D eigenvalue weighted by atomic mass is 10.2. The Morgan fingerprint density at radius 3 is 2.84 bits per heavy atom. The first kappa shape index (κ1) is 14.4. The highest BCUT2D eigenvalue weighted by atomic mass is 79.9. The zero-order valence-electron chi connectivity index (χ0n) is 10.1. The minimum Gasteiger partial charge on any atom is -0.496 e. The van der Waals surface area contributed by atoms with Gasteiger partial charge in [0, 0.05) is 17.1 Å². The van der Waals surface area contributed by atoms with Crippen LogP contribution in [0.25, 0.3) is 0 Å². The number of hydrogen-bond acceptors (Lipinski definition) is 3. The minimum atomic E-state index is -0.127. The molecule has 0 fully saturated rings. The number of hydrogen-bond donors (Lipinski definition) is 1. The van der Waals surface area contributed by atoms with E-state index in [4.69, 9.17) is 16.3 Å². The van der Waals surface area contributed by atoms with Gasteiger partial charge in [-0.3, -0.25) is 4.79 Å². The van der Waals surface area contributed by atoms with Crippen LogP contribution in [0.1, 0.15) is 15.2 Å². The lowest BCUT2D eigenvalue weighted by molar-refractivity contribution is 0.0955. The third-order valence-corrected chi connectivity index (χ3v) is 4.50. The molecule has 1 heterocycles. The van der Waals surface area contributed by atoms with Crippen molar-refractivity contribution >= 4 is 44.8 Å². The van der Waals surface area contributed by atoms with Crippen LogP contribution < -0.4 is 10.1 Å². The second-order valence-corrected chi connectivity index (χ2v) is 6.58. The Hall–Kier alpha value is -1.04. The van der Waals surface area contributed by atoms with Gasteiger partial charge in [0.05, 0.1) is 15.8 Å². The Balaban J connectivity index is 2.09. The van der Waals surface area contributed by atoms with Gasteiger partial charge in [0.15, 0.2) is 0 Å². The van der Waals surface area contributed by atoms with Gasteiger partial charge in [0.25, 0.3) is 5.91 Å². The average Bonchev–Trinajstić information content (AvgIpc) is 2.83. The van der Waals surface area contributed by atoms with E-state index in [9.17, 15) is 4.79 Å². The van der Waals surface area contributed by atoms with Crippen LogP contribution in [-0.2, 0) is 6.54 Å². The van der Waals surface area contributed by atoms with Crippen LogP contribution >= 0.6 is 38.9 Å². The second-order valence-electron chi connectivity index (χ2n) is 3.71. The maximum Gasteiger partial charge on any atom is 0.261 e. The number of thiophene rings is 1. The number of benzene rings is 1. The van der Waals surface area contributed by atoms with Crippen molar-refractivity contribution in [3.8, 4) is 5.75 Å². The van der Waals surface area contributed by atoms with Crippen molar-refractivity contribution in [2.45, 2.75) is 6.54 Å². The van der Waals surface area contributed by atoms with E-state index >= 15 is 0 Å². The van der Waals surface area contributed by atoms with Crippen LogP contribution in [0.5, 0.6) is 5.75 Å². The van der Waals surface area contributed by atoms with Crippen molar-refractivity contribution in [1.82, 2.24) is 5.32 Å². The largest absolute Gasteiger partial charge is 0.496 e. The summed E-state index contributed by atoms with van der Waals surface area (Å²) < 4.78 is 6.15. The molecular weight excluding hydrogens is 350 g/mol. The van der Waals surface area contributed by atoms with Crippen molar-refractivity contribution in [1.29, 1.82) is 0 Å². The number of carbonyl (C=O) groups excluding carboxylic acids is 1. The zero-order valence-corrected chi connectivity index (χ0v) is 13.2. The van der Waals surface area contributed by atoms with E-state index in [1.54, 1.807) is 19.2 Å². The van der Waals surface area contributed by atoms with Gasteiger partial charge < -0.3 is 10.1 Å². The predicted molar refractivity (Wildman–Crippen MR) is 81.2 cm³/mol. The van der Waals surface area contributed by atoms with Crippen LogP contribution in [0.4, 0.5) is 0 Å². The molecule has 1 aromatic heterocycles. The molecule has 0 saturated carbocycles. The summed E-state index contributed by atoms with van der Waals surface area (Å²) in [5.74, 6) is 0.540. The average molecular weight is 361 g/mol. The molecule has 2 rings (SSSR count). The van der Waals surface area contributed by atoms with Crippen LogP contribution in [0.3, 0.4) is 0 Å². The third kappa shape index (κ3) is 3.49. The Morgan fingerprint density at radius 2 is 2.21 bits per heavy atom. The fourth-order valence-electron chi connectivity index (χ4n) is 1.59. The number of halogens is 2. The highest BCUT2D eigenvalue weighted by Gasteiger charge is 2.11. The number of ether oxygens (including phenoxy) is 1. The molecule has 100 valence electrons. The number of amides is 1. The van der Waals surface area contributed by atoms with E-state index < -0.39 is 0 Å². The molecule has 0 radical (unpaired) electrons. The fraction of sp³-hybridized carbons (Fsp3) is 0.154. The maximum atomic E-state index is 11.9. The molecule has 1 N–H and O–H groups in total. The quantitative estimate of drug-likeness (QED) is 0.891. The van der Waals surface area contributed by atoms with Crippen molar-refractivity contribution < 1.29 is 9.53 Å². The number of rotatable bonds is 4. The number of nitrogens with one attached hydrogen (secondary N) is 1. The molecule has 1 amide bonds. The molecule has 2 aromatic rings. The SMILES string of the molecule is COc1cccc(Cl)c1CNC(=O)c1ccc(Br)s1. The molecule has 0 atom stereocenters. The molecule has 6 heteroatoms. The highest BCUT2D eigenvalue weighted by molar-refractivity contribution is 9.11. The molecule has 0 aliphatic carbocycles. The predicted octanol–water partition coefficient (Wildman–Crippen LogP) is 4.10. The van der Waals surface area contributed by atoms with Gasteiger partial charge in [-0.2, -0.15) is 0 Å². The molecule has 0 aliphatic heterocycles. The van der Waals surface area contributed by atoms with Gasteiger partial charge in [-0.25, -0.2) is 0 Å². The Morgan fingerprint density at radius 1 is 1.42 bits per heavy atom. The number of methoxy groups -OCH3 is 1. The zero-order chi connectivity index (χ0) is 13.8. The van der Waals surface area contributed by atoms with Gasteiger partial charge in [-0.1, -0.05) is 17.7 Å². The molecule has 0 saturated heterocycles. The lowest BCUT2D eigenvalue weighted by Gasteiger charge is -2.10. The van der Waals surface area contributed by atoms with E-state index in [-0.39, 0.29) is 5.91 Å². The molecule has 19 heavy (non-hydrogen) atoms. The first-order chi connectivity index (χ1) is 9.11. The van der Waals surface area contributed by atoms with Crippen molar-refractivity contribution in [2.24, 2.45) is 0 Å². The molecule has 1 aromatic carbocycles. The normalized spacial score (nSPS) is 10.3. The van der Waals surface area contributed by atoms with Crippen molar-refractivity contribution in [3.63, 3.8) is 0 Å². The summed E-state index contributed by atoms with van der Waals surface area (Å²) in [6.07, 6.45) is 0. The maximum absolute atomic E-state index is 11.9. The van der Waals surface area contributed by atoms with Crippen molar-refractivity contribution in [3.05, 3.63) is 49.6 Å². The van der Waals surface area contributed by atoms with E-state index in [0.29, 0.717) is 22.2 Å². The summed E-state index contributed by atoms with van der Waals surface area (Å²) in [6, 6.07) is 9.01. The van der Waals surface area contributed by atoms with Crippen molar-refractivity contribution in [2.75, 3.05) is 7.11 Å². The first-order valence-electron chi connectivity index (χ1n) is 5.46. The van der Waals surface area contributed by atoms with Gasteiger partial charge >= 0.3 is 0 Å². The highest BCUT2D eigenvalue weighted by Crippen LogP contribution is 2.26. The summed E-state index contributed by atoms with van der Waals surface area (Å²) in [7, 11) is 1.58. The van der Waals surface area contributed by atoms with E-state index in [0.717, 1.165) is 9.35 Å². The van der Waals surface area contributed by atoms with Gasteiger partial charge in [0.2, 0.25) is 0 Å². The van der Waals surface area contributed by atoms with Gasteiger partial charge in [-0.05, 0) is 40.2 Å². The lowest BCUT2D eigenvalue weighted by Crippen LogP contribution is -2.22. The molecule has 0 bridgehead atoms. The smallest absolute Gasteiger partial charge is 0.261 e. The molecule has 0 aliphatic rings. The fourth-order valence-corrected chi connectivity index (χ4v) is 3.13. The molecule has 0 spiro atoms. The van der Waals surface area contributed by atoms with Crippen LogP contribution in [-0.4, -0.2) is 13.0 Å². The first-order valence-corrected chi connectivity index (χ1v) is 7.45. The van der Waals surface area contributed by atoms with Crippen LogP contribution in [0.15, 0.2) is 34.1 Å². The van der Waals surface area contributed by atoms with E-state index in [1.165, 1.54) is 11.3 Å².